The van der Waals surface area contributed by atoms with Gasteiger partial charge in [0.1, 0.15) is 5.82 Å². The molecule has 1 saturated carbocycles. The van der Waals surface area contributed by atoms with Gasteiger partial charge in [-0.25, -0.2) is 4.39 Å². The molecule has 3 unspecified atom stereocenters. The van der Waals surface area contributed by atoms with E-state index in [2.05, 4.69) is 5.32 Å². The quantitative estimate of drug-likeness (QED) is 0.830. The Labute approximate surface area is 119 Å². The van der Waals surface area contributed by atoms with Crippen LogP contribution >= 0.6 is 12.4 Å². The van der Waals surface area contributed by atoms with Crippen LogP contribution in [-0.2, 0) is 0 Å². The Bertz CT molecular complexity index is 438. The lowest BCUT2D eigenvalue weighted by Gasteiger charge is -2.48. The molecule has 0 bridgehead atoms. The lowest BCUT2D eigenvalue weighted by molar-refractivity contribution is -0.0865. The number of piperidine rings is 1. The van der Waals surface area contributed by atoms with Crippen molar-refractivity contribution in [3.8, 4) is 0 Å². The molecule has 0 amide bonds. The lowest BCUT2D eigenvalue weighted by atomic mass is 9.67. The van der Waals surface area contributed by atoms with E-state index in [1.807, 2.05) is 12.1 Å². The molecular formula is C15H21ClFNO. The number of fused-ring (bicyclic) bond motifs is 1. The maximum atomic E-state index is 13.9. The van der Waals surface area contributed by atoms with E-state index in [1.54, 1.807) is 6.07 Å². The number of halogens is 2. The summed E-state index contributed by atoms with van der Waals surface area (Å²) in [5, 5.41) is 14.2. The second-order valence-corrected chi connectivity index (χ2v) is 5.66. The molecule has 2 N–H and O–H groups in total. The molecule has 19 heavy (non-hydrogen) atoms. The summed E-state index contributed by atoms with van der Waals surface area (Å²) in [4.78, 5) is 0. The van der Waals surface area contributed by atoms with E-state index >= 15 is 0 Å². The molecule has 2 nitrogen and oxygen atoms in total. The first-order valence-corrected chi connectivity index (χ1v) is 6.91. The molecule has 2 fully saturated rings. The Morgan fingerprint density at radius 3 is 2.79 bits per heavy atom. The van der Waals surface area contributed by atoms with Crippen molar-refractivity contribution in [2.24, 2.45) is 5.92 Å². The molecule has 0 spiro atoms. The number of nitrogens with one attached hydrogen (secondary N) is 1. The second-order valence-electron chi connectivity index (χ2n) is 5.66. The zero-order valence-electron chi connectivity index (χ0n) is 10.9. The van der Waals surface area contributed by atoms with Gasteiger partial charge in [-0.05, 0) is 31.9 Å². The van der Waals surface area contributed by atoms with Crippen molar-refractivity contribution in [3.63, 3.8) is 0 Å². The van der Waals surface area contributed by atoms with E-state index in [4.69, 9.17) is 0 Å². The predicted octanol–water partition coefficient (Wildman–Crippen LogP) is 3.20. The maximum absolute atomic E-state index is 13.9. The summed E-state index contributed by atoms with van der Waals surface area (Å²) in [5.74, 6) is -0.0123. The van der Waals surface area contributed by atoms with Crippen molar-refractivity contribution in [1.82, 2.24) is 5.32 Å². The second kappa shape index (κ2) is 5.78. The van der Waals surface area contributed by atoms with Crippen LogP contribution in [-0.4, -0.2) is 17.3 Å². The summed E-state index contributed by atoms with van der Waals surface area (Å²) >= 11 is 0. The Kier molecular flexibility index (Phi) is 4.49. The Morgan fingerprint density at radius 2 is 2.00 bits per heavy atom. The highest BCUT2D eigenvalue weighted by molar-refractivity contribution is 5.85. The topological polar surface area (TPSA) is 32.3 Å². The van der Waals surface area contributed by atoms with Gasteiger partial charge in [-0.1, -0.05) is 31.0 Å². The third-order valence-corrected chi connectivity index (χ3v) is 4.63. The monoisotopic (exact) mass is 285 g/mol. The molecule has 3 atom stereocenters. The van der Waals surface area contributed by atoms with Crippen LogP contribution in [0.15, 0.2) is 24.3 Å². The number of rotatable bonds is 1. The lowest BCUT2D eigenvalue weighted by Crippen LogP contribution is -2.53. The van der Waals surface area contributed by atoms with Crippen molar-refractivity contribution >= 4 is 12.4 Å². The van der Waals surface area contributed by atoms with Gasteiger partial charge in [0.2, 0.25) is 0 Å². The SMILES string of the molecule is Cl.OC12CCCCC1C(c1ccccc1F)NCC2. The first-order valence-electron chi connectivity index (χ1n) is 6.91. The Hall–Kier alpha value is -0.640. The zero-order chi connectivity index (χ0) is 12.6. The fourth-order valence-corrected chi connectivity index (χ4v) is 3.68. The minimum absolute atomic E-state index is 0. The van der Waals surface area contributed by atoms with Crippen LogP contribution < -0.4 is 5.32 Å². The van der Waals surface area contributed by atoms with Crippen LogP contribution in [0.2, 0.25) is 0 Å². The number of benzene rings is 1. The van der Waals surface area contributed by atoms with Crippen LogP contribution in [0.4, 0.5) is 4.39 Å². The van der Waals surface area contributed by atoms with Crippen molar-refractivity contribution in [1.29, 1.82) is 0 Å². The average molecular weight is 286 g/mol. The van der Waals surface area contributed by atoms with Gasteiger partial charge in [0, 0.05) is 17.5 Å². The number of hydrogen-bond donors (Lipinski definition) is 2. The van der Waals surface area contributed by atoms with Crippen LogP contribution in [0.5, 0.6) is 0 Å². The molecule has 3 rings (SSSR count). The number of hydrogen-bond acceptors (Lipinski definition) is 2. The summed E-state index contributed by atoms with van der Waals surface area (Å²) in [5.41, 5.74) is 0.124. The third kappa shape index (κ3) is 2.64. The predicted molar refractivity (Wildman–Crippen MR) is 75.9 cm³/mol. The van der Waals surface area contributed by atoms with Gasteiger partial charge in [-0.2, -0.15) is 0 Å². The largest absolute Gasteiger partial charge is 0.389 e. The molecule has 4 heteroatoms. The molecular weight excluding hydrogens is 265 g/mol. The molecule has 1 aliphatic carbocycles. The van der Waals surface area contributed by atoms with Gasteiger partial charge in [-0.15, -0.1) is 12.4 Å². The van der Waals surface area contributed by atoms with Gasteiger partial charge in [0.05, 0.1) is 5.60 Å². The first kappa shape index (κ1) is 14.8. The Morgan fingerprint density at radius 1 is 1.21 bits per heavy atom. The van der Waals surface area contributed by atoms with Crippen LogP contribution in [0, 0.1) is 11.7 Å². The fraction of sp³-hybridized carbons (Fsp3) is 0.600. The van der Waals surface area contributed by atoms with Crippen molar-refractivity contribution in [2.45, 2.75) is 43.7 Å². The van der Waals surface area contributed by atoms with Crippen LogP contribution in [0.25, 0.3) is 0 Å². The smallest absolute Gasteiger partial charge is 0.127 e. The fourth-order valence-electron chi connectivity index (χ4n) is 3.68. The summed E-state index contributed by atoms with van der Waals surface area (Å²) in [7, 11) is 0. The summed E-state index contributed by atoms with van der Waals surface area (Å²) in [6.07, 6.45) is 4.88. The van der Waals surface area contributed by atoms with Crippen molar-refractivity contribution in [2.75, 3.05) is 6.54 Å². The van der Waals surface area contributed by atoms with Gasteiger partial charge in [0.25, 0.3) is 0 Å². The molecule has 1 aromatic carbocycles. The van der Waals surface area contributed by atoms with E-state index in [1.165, 1.54) is 6.07 Å². The molecule has 1 heterocycles. The summed E-state index contributed by atoms with van der Waals surface area (Å²) in [6.45, 7) is 0.770. The van der Waals surface area contributed by atoms with E-state index in [0.29, 0.717) is 5.56 Å². The van der Waals surface area contributed by atoms with E-state index in [0.717, 1.165) is 38.6 Å². The summed E-state index contributed by atoms with van der Waals surface area (Å²) in [6, 6.07) is 6.90. The Balaban J connectivity index is 0.00000133. The standard InChI is InChI=1S/C15H20FNO.ClH/c16-13-7-2-1-5-11(13)14-12-6-3-4-8-15(12,18)9-10-17-14;/h1-2,5,7,12,14,17-18H,3-4,6,8-10H2;1H. The molecule has 2 aliphatic rings. The van der Waals surface area contributed by atoms with Crippen LogP contribution in [0.1, 0.15) is 43.7 Å². The van der Waals surface area contributed by atoms with E-state index in [9.17, 15) is 9.50 Å². The maximum Gasteiger partial charge on any atom is 0.127 e. The van der Waals surface area contributed by atoms with E-state index < -0.39 is 5.60 Å². The minimum Gasteiger partial charge on any atom is -0.389 e. The van der Waals surface area contributed by atoms with Gasteiger partial charge in [0.15, 0.2) is 0 Å². The van der Waals surface area contributed by atoms with E-state index in [-0.39, 0.29) is 30.2 Å². The van der Waals surface area contributed by atoms with Gasteiger partial charge < -0.3 is 10.4 Å². The highest BCUT2D eigenvalue weighted by Gasteiger charge is 2.46. The molecule has 106 valence electrons. The van der Waals surface area contributed by atoms with Crippen LogP contribution in [0.3, 0.4) is 0 Å². The number of aliphatic hydroxyl groups is 1. The third-order valence-electron chi connectivity index (χ3n) is 4.63. The normalized spacial score (nSPS) is 34.2. The van der Waals surface area contributed by atoms with Gasteiger partial charge in [-0.3, -0.25) is 0 Å². The molecule has 1 aromatic rings. The molecule has 0 radical (unpaired) electrons. The zero-order valence-corrected chi connectivity index (χ0v) is 11.8. The average Bonchev–Trinajstić information content (AvgIpc) is 2.38. The first-order chi connectivity index (χ1) is 8.71. The van der Waals surface area contributed by atoms with Crippen molar-refractivity contribution in [3.05, 3.63) is 35.6 Å². The van der Waals surface area contributed by atoms with Gasteiger partial charge >= 0.3 is 0 Å². The molecule has 0 aromatic heterocycles. The molecule has 1 saturated heterocycles. The summed E-state index contributed by atoms with van der Waals surface area (Å²) < 4.78 is 13.9. The highest BCUT2D eigenvalue weighted by atomic mass is 35.5. The molecule has 1 aliphatic heterocycles. The van der Waals surface area contributed by atoms with Crippen molar-refractivity contribution < 1.29 is 9.50 Å². The minimum atomic E-state index is -0.587. The highest BCUT2D eigenvalue weighted by Crippen LogP contribution is 2.45.